The molecule has 5 heteroatoms. The molecular formula is C14H27NO3S. The Labute approximate surface area is 117 Å². The van der Waals surface area contributed by atoms with Crippen LogP contribution in [0.4, 0.5) is 0 Å². The first-order valence-corrected chi connectivity index (χ1v) is 9.63. The van der Waals surface area contributed by atoms with Crippen LogP contribution in [0.3, 0.4) is 0 Å². The number of rotatable bonds is 4. The van der Waals surface area contributed by atoms with Gasteiger partial charge < -0.3 is 5.11 Å². The molecular weight excluding hydrogens is 262 g/mol. The van der Waals surface area contributed by atoms with Gasteiger partial charge in [0.2, 0.25) is 0 Å². The third-order valence-corrected chi connectivity index (χ3v) is 5.61. The van der Waals surface area contributed by atoms with Crippen LogP contribution in [0.2, 0.25) is 0 Å². The van der Waals surface area contributed by atoms with Crippen molar-refractivity contribution in [2.45, 2.75) is 57.1 Å². The molecule has 0 radical (unpaired) electrons. The van der Waals surface area contributed by atoms with Gasteiger partial charge in [-0.3, -0.25) is 4.90 Å². The largest absolute Gasteiger partial charge is 0.393 e. The maximum absolute atomic E-state index is 11.3. The normalized spacial score (nSPS) is 34.3. The molecule has 3 unspecified atom stereocenters. The molecule has 0 aromatic heterocycles. The smallest absolute Gasteiger partial charge is 0.148 e. The van der Waals surface area contributed by atoms with Gasteiger partial charge in [0.15, 0.2) is 0 Å². The summed E-state index contributed by atoms with van der Waals surface area (Å²) >= 11 is 0. The minimum atomic E-state index is -2.90. The van der Waals surface area contributed by atoms with Gasteiger partial charge in [-0.25, -0.2) is 8.42 Å². The highest BCUT2D eigenvalue weighted by molar-refractivity contribution is 7.90. The minimum absolute atomic E-state index is 0.183. The van der Waals surface area contributed by atoms with Gasteiger partial charge in [0, 0.05) is 24.8 Å². The molecule has 1 heterocycles. The molecule has 0 spiro atoms. The van der Waals surface area contributed by atoms with Gasteiger partial charge in [0.05, 0.1) is 11.9 Å². The number of aliphatic hydroxyl groups excluding tert-OH is 1. The summed E-state index contributed by atoms with van der Waals surface area (Å²) in [5, 5.41) is 10.2. The van der Waals surface area contributed by atoms with Crippen molar-refractivity contribution in [3.05, 3.63) is 0 Å². The van der Waals surface area contributed by atoms with E-state index in [1.807, 2.05) is 0 Å². The van der Waals surface area contributed by atoms with Crippen molar-refractivity contribution in [2.24, 2.45) is 5.92 Å². The first-order valence-electron chi connectivity index (χ1n) is 7.57. The summed E-state index contributed by atoms with van der Waals surface area (Å²) in [6.45, 7) is 1.62. The number of piperidine rings is 1. The standard InChI is InChI=1S/C14H27NO3S/c1-19(17,18)11-10-15-9-5-4-7-13(15)12-6-2-3-8-14(12)16/h12-14,16H,2-11H2,1H3. The van der Waals surface area contributed by atoms with Gasteiger partial charge in [0.25, 0.3) is 0 Å². The molecule has 1 aliphatic carbocycles. The van der Waals surface area contributed by atoms with E-state index < -0.39 is 9.84 Å². The topological polar surface area (TPSA) is 57.6 Å². The average molecular weight is 289 g/mol. The third-order valence-electron chi connectivity index (χ3n) is 4.69. The summed E-state index contributed by atoms with van der Waals surface area (Å²) in [5.41, 5.74) is 0. The molecule has 3 atom stereocenters. The minimum Gasteiger partial charge on any atom is -0.393 e. The Morgan fingerprint density at radius 1 is 1.11 bits per heavy atom. The van der Waals surface area contributed by atoms with E-state index in [4.69, 9.17) is 0 Å². The SMILES string of the molecule is CS(=O)(=O)CCN1CCCCC1C1CCCCC1O. The Morgan fingerprint density at radius 2 is 1.79 bits per heavy atom. The number of hydrogen-bond acceptors (Lipinski definition) is 4. The van der Waals surface area contributed by atoms with Crippen LogP contribution in [0, 0.1) is 5.92 Å². The summed E-state index contributed by atoms with van der Waals surface area (Å²) in [6.07, 6.45) is 8.96. The second-order valence-corrected chi connectivity index (χ2v) is 8.50. The summed E-state index contributed by atoms with van der Waals surface area (Å²) in [4.78, 5) is 2.32. The zero-order chi connectivity index (χ0) is 13.9. The lowest BCUT2D eigenvalue weighted by molar-refractivity contribution is -0.00331. The monoisotopic (exact) mass is 289 g/mol. The highest BCUT2D eigenvalue weighted by Gasteiger charge is 2.35. The van der Waals surface area contributed by atoms with Crippen LogP contribution in [-0.4, -0.2) is 55.7 Å². The van der Waals surface area contributed by atoms with Gasteiger partial charge in [-0.05, 0) is 32.2 Å². The van der Waals surface area contributed by atoms with E-state index in [-0.39, 0.29) is 11.9 Å². The molecule has 1 N–H and O–H groups in total. The molecule has 4 nitrogen and oxygen atoms in total. The third kappa shape index (κ3) is 4.43. The Bertz CT molecular complexity index is 382. The van der Waals surface area contributed by atoms with E-state index in [2.05, 4.69) is 4.90 Å². The number of hydrogen-bond donors (Lipinski definition) is 1. The second-order valence-electron chi connectivity index (χ2n) is 6.24. The van der Waals surface area contributed by atoms with Crippen LogP contribution in [0.5, 0.6) is 0 Å². The van der Waals surface area contributed by atoms with Gasteiger partial charge in [-0.15, -0.1) is 0 Å². The van der Waals surface area contributed by atoms with E-state index in [0.29, 0.717) is 18.5 Å². The van der Waals surface area contributed by atoms with Crippen LogP contribution >= 0.6 is 0 Å². The average Bonchev–Trinajstić information content (AvgIpc) is 2.37. The summed E-state index contributed by atoms with van der Waals surface area (Å²) < 4.78 is 22.7. The number of aliphatic hydroxyl groups is 1. The molecule has 1 saturated heterocycles. The molecule has 0 amide bonds. The first kappa shape index (κ1) is 15.3. The summed E-state index contributed by atoms with van der Waals surface area (Å²) in [5.74, 6) is 0.598. The van der Waals surface area contributed by atoms with Crippen LogP contribution < -0.4 is 0 Å². The molecule has 2 aliphatic rings. The highest BCUT2D eigenvalue weighted by atomic mass is 32.2. The lowest BCUT2D eigenvalue weighted by Gasteiger charge is -2.43. The van der Waals surface area contributed by atoms with E-state index in [0.717, 1.165) is 38.6 Å². The molecule has 0 aromatic carbocycles. The molecule has 19 heavy (non-hydrogen) atoms. The molecule has 1 aliphatic heterocycles. The lowest BCUT2D eigenvalue weighted by Crippen LogP contribution is -2.49. The van der Waals surface area contributed by atoms with Crippen molar-refractivity contribution in [2.75, 3.05) is 25.1 Å². The fourth-order valence-corrected chi connectivity index (χ4v) is 4.22. The van der Waals surface area contributed by atoms with Crippen molar-refractivity contribution in [1.82, 2.24) is 4.90 Å². The van der Waals surface area contributed by atoms with Crippen LogP contribution in [0.25, 0.3) is 0 Å². The van der Waals surface area contributed by atoms with Gasteiger partial charge in [-0.2, -0.15) is 0 Å². The highest BCUT2D eigenvalue weighted by Crippen LogP contribution is 2.33. The maximum Gasteiger partial charge on any atom is 0.148 e. The van der Waals surface area contributed by atoms with E-state index in [1.165, 1.54) is 19.1 Å². The summed E-state index contributed by atoms with van der Waals surface area (Å²) in [6, 6.07) is 0.394. The molecule has 112 valence electrons. The zero-order valence-electron chi connectivity index (χ0n) is 11.9. The Hall–Kier alpha value is -0.130. The van der Waals surface area contributed by atoms with Crippen molar-refractivity contribution in [1.29, 1.82) is 0 Å². The van der Waals surface area contributed by atoms with Crippen LogP contribution in [-0.2, 0) is 9.84 Å². The molecule has 0 bridgehead atoms. The fraction of sp³-hybridized carbons (Fsp3) is 1.00. The Morgan fingerprint density at radius 3 is 2.47 bits per heavy atom. The Kier molecular flexibility index (Phi) is 5.26. The van der Waals surface area contributed by atoms with E-state index >= 15 is 0 Å². The Balaban J connectivity index is 1.98. The first-order chi connectivity index (χ1) is 8.97. The molecule has 2 fully saturated rings. The predicted octanol–water partition coefficient (Wildman–Crippen LogP) is 1.44. The second kappa shape index (κ2) is 6.55. The van der Waals surface area contributed by atoms with Crippen molar-refractivity contribution in [3.63, 3.8) is 0 Å². The van der Waals surface area contributed by atoms with Crippen molar-refractivity contribution in [3.8, 4) is 0 Å². The predicted molar refractivity (Wildman–Crippen MR) is 76.9 cm³/mol. The summed E-state index contributed by atoms with van der Waals surface area (Å²) in [7, 11) is -2.90. The van der Waals surface area contributed by atoms with Crippen LogP contribution in [0.1, 0.15) is 44.9 Å². The quantitative estimate of drug-likeness (QED) is 0.851. The van der Waals surface area contributed by atoms with Gasteiger partial charge >= 0.3 is 0 Å². The van der Waals surface area contributed by atoms with Gasteiger partial charge in [-0.1, -0.05) is 19.3 Å². The lowest BCUT2D eigenvalue weighted by atomic mass is 9.78. The van der Waals surface area contributed by atoms with E-state index in [1.54, 1.807) is 0 Å². The fourth-order valence-electron chi connectivity index (χ4n) is 3.65. The van der Waals surface area contributed by atoms with E-state index in [9.17, 15) is 13.5 Å². The number of likely N-dealkylation sites (tertiary alicyclic amines) is 1. The molecule has 1 saturated carbocycles. The van der Waals surface area contributed by atoms with Gasteiger partial charge in [0.1, 0.15) is 9.84 Å². The molecule has 0 aromatic rings. The number of nitrogens with zero attached hydrogens (tertiary/aromatic N) is 1. The zero-order valence-corrected chi connectivity index (χ0v) is 12.7. The maximum atomic E-state index is 11.3. The van der Waals surface area contributed by atoms with Crippen molar-refractivity contribution < 1.29 is 13.5 Å². The number of sulfone groups is 1. The van der Waals surface area contributed by atoms with Crippen molar-refractivity contribution >= 4 is 9.84 Å². The van der Waals surface area contributed by atoms with Crippen LogP contribution in [0.15, 0.2) is 0 Å². The molecule has 2 rings (SSSR count).